The third-order valence-corrected chi connectivity index (χ3v) is 6.29. The van der Waals surface area contributed by atoms with Gasteiger partial charge in [-0.1, -0.05) is 0 Å². The maximum Gasteiger partial charge on any atom is 0.271 e. The van der Waals surface area contributed by atoms with Gasteiger partial charge in [-0.2, -0.15) is 5.10 Å². The van der Waals surface area contributed by atoms with Crippen LogP contribution in [0.5, 0.6) is 0 Å². The van der Waals surface area contributed by atoms with Crippen LogP contribution in [0.2, 0.25) is 0 Å². The van der Waals surface area contributed by atoms with Crippen molar-refractivity contribution < 1.29 is 9.59 Å². The number of nitrogens with one attached hydrogen (secondary N) is 1. The molecule has 24 heavy (non-hydrogen) atoms. The van der Waals surface area contributed by atoms with E-state index < -0.39 is 5.91 Å². The van der Waals surface area contributed by atoms with E-state index in [9.17, 15) is 9.59 Å². The fraction of sp³-hybridized carbons (Fsp3) is 0.722. The van der Waals surface area contributed by atoms with Crippen molar-refractivity contribution in [2.75, 3.05) is 5.32 Å². The predicted molar refractivity (Wildman–Crippen MR) is 90.3 cm³/mol. The number of nitrogens with two attached hydrogens (primary N) is 1. The second-order valence-electron chi connectivity index (χ2n) is 8.25. The Morgan fingerprint density at radius 2 is 1.83 bits per heavy atom. The summed E-state index contributed by atoms with van der Waals surface area (Å²) in [5, 5.41) is 7.03. The number of aromatic nitrogens is 2. The average molecular weight is 330 g/mol. The molecule has 3 N–H and O–H groups in total. The molecule has 0 aromatic carbocycles. The molecule has 4 aliphatic carbocycles. The Morgan fingerprint density at radius 3 is 2.33 bits per heavy atom. The van der Waals surface area contributed by atoms with Crippen LogP contribution in [0, 0.1) is 23.2 Å². The van der Waals surface area contributed by atoms with Crippen LogP contribution < -0.4 is 11.1 Å². The number of aryl methyl sites for hydroxylation is 1. The zero-order valence-corrected chi connectivity index (χ0v) is 14.3. The molecule has 1 heterocycles. The molecule has 0 spiro atoms. The summed E-state index contributed by atoms with van der Waals surface area (Å²) in [5.41, 5.74) is 6.16. The maximum atomic E-state index is 12.7. The molecule has 0 saturated heterocycles. The number of carbonyl (C=O) groups is 2. The first-order chi connectivity index (χ1) is 11.5. The van der Waals surface area contributed by atoms with Crippen molar-refractivity contribution in [3.8, 4) is 0 Å². The van der Waals surface area contributed by atoms with Gasteiger partial charge < -0.3 is 11.1 Å². The van der Waals surface area contributed by atoms with Crippen molar-refractivity contribution in [2.24, 2.45) is 28.9 Å². The normalized spacial score (nSPS) is 33.6. The van der Waals surface area contributed by atoms with E-state index in [4.69, 9.17) is 5.73 Å². The van der Waals surface area contributed by atoms with Crippen molar-refractivity contribution in [2.45, 2.75) is 58.4 Å². The zero-order valence-electron chi connectivity index (χ0n) is 14.3. The van der Waals surface area contributed by atoms with Crippen LogP contribution in [-0.2, 0) is 11.3 Å². The van der Waals surface area contributed by atoms with E-state index in [0.717, 1.165) is 17.8 Å². The van der Waals surface area contributed by atoms with Gasteiger partial charge in [-0.25, -0.2) is 0 Å². The van der Waals surface area contributed by atoms with E-state index in [2.05, 4.69) is 10.4 Å². The Morgan fingerprint density at radius 1 is 1.25 bits per heavy atom. The Hall–Kier alpha value is -1.85. The summed E-state index contributed by atoms with van der Waals surface area (Å²) in [5.74, 6) is 1.87. The summed E-state index contributed by atoms with van der Waals surface area (Å²) in [4.78, 5) is 24.2. The van der Waals surface area contributed by atoms with Crippen LogP contribution in [0.4, 0.5) is 5.69 Å². The van der Waals surface area contributed by atoms with E-state index in [1.165, 1.54) is 38.5 Å². The summed E-state index contributed by atoms with van der Waals surface area (Å²) in [6.07, 6.45) is 9.96. The monoisotopic (exact) mass is 330 g/mol. The second-order valence-corrected chi connectivity index (χ2v) is 8.25. The SMILES string of the molecule is CCn1cc(NC(=O)CC23CC4CC(CC(C4)C2)C3)c(C(N)=O)n1. The molecule has 6 nitrogen and oxygen atoms in total. The Balaban J connectivity index is 1.48. The highest BCUT2D eigenvalue weighted by molar-refractivity contribution is 6.01. The Kier molecular flexibility index (Phi) is 3.66. The van der Waals surface area contributed by atoms with Gasteiger partial charge in [-0.15, -0.1) is 0 Å². The van der Waals surface area contributed by atoms with Crippen molar-refractivity contribution in [3.05, 3.63) is 11.9 Å². The number of primary amides is 1. The first kappa shape index (κ1) is 15.7. The summed E-state index contributed by atoms with van der Waals surface area (Å²) in [7, 11) is 0. The quantitative estimate of drug-likeness (QED) is 0.869. The highest BCUT2D eigenvalue weighted by Gasteiger charge is 2.51. The number of hydrogen-bond acceptors (Lipinski definition) is 3. The van der Waals surface area contributed by atoms with Gasteiger partial charge in [0.05, 0.1) is 5.69 Å². The molecule has 5 rings (SSSR count). The summed E-state index contributed by atoms with van der Waals surface area (Å²) in [6, 6.07) is 0. The van der Waals surface area contributed by atoms with E-state index >= 15 is 0 Å². The van der Waals surface area contributed by atoms with Gasteiger partial charge in [0.25, 0.3) is 5.91 Å². The van der Waals surface area contributed by atoms with Gasteiger partial charge >= 0.3 is 0 Å². The minimum Gasteiger partial charge on any atom is -0.364 e. The molecule has 1 aromatic rings. The van der Waals surface area contributed by atoms with Gasteiger partial charge in [-0.05, 0) is 68.6 Å². The zero-order chi connectivity index (χ0) is 16.9. The van der Waals surface area contributed by atoms with Crippen molar-refractivity contribution in [1.82, 2.24) is 9.78 Å². The lowest BCUT2D eigenvalue weighted by Gasteiger charge is -2.56. The molecule has 6 heteroatoms. The number of anilines is 1. The molecule has 130 valence electrons. The molecule has 0 radical (unpaired) electrons. The number of hydrogen-bond donors (Lipinski definition) is 2. The molecule has 0 aliphatic heterocycles. The van der Waals surface area contributed by atoms with Crippen LogP contribution >= 0.6 is 0 Å². The van der Waals surface area contributed by atoms with Crippen LogP contribution in [-0.4, -0.2) is 21.6 Å². The molecule has 0 atom stereocenters. The summed E-state index contributed by atoms with van der Waals surface area (Å²) >= 11 is 0. The molecule has 4 aliphatic rings. The van der Waals surface area contributed by atoms with Crippen LogP contribution in [0.3, 0.4) is 0 Å². The Bertz CT molecular complexity index is 643. The molecule has 4 fully saturated rings. The van der Waals surface area contributed by atoms with Gasteiger partial charge in [0.1, 0.15) is 0 Å². The fourth-order valence-corrected chi connectivity index (χ4v) is 5.90. The topological polar surface area (TPSA) is 90.0 Å². The fourth-order valence-electron chi connectivity index (χ4n) is 5.90. The summed E-state index contributed by atoms with van der Waals surface area (Å²) < 4.78 is 1.63. The lowest BCUT2D eigenvalue weighted by atomic mass is 9.49. The van der Waals surface area contributed by atoms with Crippen molar-refractivity contribution in [1.29, 1.82) is 0 Å². The standard InChI is InChI=1S/C18H26N4O2/c1-2-22-10-14(16(21-22)17(19)24)20-15(23)9-18-6-11-3-12(7-18)5-13(4-11)8-18/h10-13H,2-9H2,1H3,(H2,19,24)(H,20,23). The van der Waals surface area contributed by atoms with Crippen LogP contribution in [0.25, 0.3) is 0 Å². The second kappa shape index (κ2) is 5.60. The first-order valence-electron chi connectivity index (χ1n) is 9.13. The average Bonchev–Trinajstić information content (AvgIpc) is 2.88. The number of rotatable bonds is 5. The van der Waals surface area contributed by atoms with E-state index in [0.29, 0.717) is 18.7 Å². The maximum absolute atomic E-state index is 12.7. The lowest BCUT2D eigenvalue weighted by molar-refractivity contribution is -0.124. The van der Waals surface area contributed by atoms with Gasteiger partial charge in [0.2, 0.25) is 5.91 Å². The largest absolute Gasteiger partial charge is 0.364 e. The highest BCUT2D eigenvalue weighted by Crippen LogP contribution is 2.61. The van der Waals surface area contributed by atoms with Gasteiger partial charge in [0, 0.05) is 19.2 Å². The molecular formula is C18H26N4O2. The number of carbonyl (C=O) groups excluding carboxylic acids is 2. The van der Waals surface area contributed by atoms with E-state index in [1.54, 1.807) is 10.9 Å². The molecule has 4 bridgehead atoms. The third kappa shape index (κ3) is 2.72. The van der Waals surface area contributed by atoms with Gasteiger partial charge in [-0.3, -0.25) is 14.3 Å². The molecule has 4 saturated carbocycles. The molecule has 0 unspecified atom stereocenters. The van der Waals surface area contributed by atoms with E-state index in [-0.39, 0.29) is 17.0 Å². The van der Waals surface area contributed by atoms with Crippen molar-refractivity contribution >= 4 is 17.5 Å². The third-order valence-electron chi connectivity index (χ3n) is 6.29. The summed E-state index contributed by atoms with van der Waals surface area (Å²) in [6.45, 7) is 2.56. The Labute approximate surface area is 142 Å². The number of nitrogens with zero attached hydrogens (tertiary/aromatic N) is 2. The van der Waals surface area contributed by atoms with Gasteiger partial charge in [0.15, 0.2) is 5.69 Å². The van der Waals surface area contributed by atoms with Crippen LogP contribution in [0.1, 0.15) is 62.4 Å². The minimum atomic E-state index is -0.604. The molecule has 2 amide bonds. The smallest absolute Gasteiger partial charge is 0.271 e. The highest BCUT2D eigenvalue weighted by atomic mass is 16.2. The molecule has 1 aromatic heterocycles. The predicted octanol–water partition coefficient (Wildman–Crippen LogP) is 2.55. The minimum absolute atomic E-state index is 0.00453. The lowest BCUT2D eigenvalue weighted by Crippen LogP contribution is -2.47. The first-order valence-corrected chi connectivity index (χ1v) is 9.13. The van der Waals surface area contributed by atoms with E-state index in [1.807, 2.05) is 6.92 Å². The molecular weight excluding hydrogens is 304 g/mol. The number of amides is 2. The van der Waals surface area contributed by atoms with Crippen LogP contribution in [0.15, 0.2) is 6.20 Å². The van der Waals surface area contributed by atoms with Crippen molar-refractivity contribution in [3.63, 3.8) is 0 Å².